The first-order valence-electron chi connectivity index (χ1n) is 7.47. The first kappa shape index (κ1) is 15.1. The second-order valence-corrected chi connectivity index (χ2v) is 6.24. The Bertz CT molecular complexity index is 657. The Balaban J connectivity index is 1.78. The number of morpholine rings is 1. The zero-order valence-electron chi connectivity index (χ0n) is 13.1. The van der Waals surface area contributed by atoms with E-state index in [1.165, 1.54) is 5.56 Å². The SMILES string of the molecule is Cc1ccc(-n2cc(C(=S)N3C[C@H](C)O[C@@H](C)C3)nn2)cc1. The van der Waals surface area contributed by atoms with Crippen LogP contribution in [0.2, 0.25) is 0 Å². The maximum Gasteiger partial charge on any atom is 0.140 e. The molecule has 0 amide bonds. The van der Waals surface area contributed by atoms with E-state index in [-0.39, 0.29) is 12.2 Å². The maximum atomic E-state index is 5.75. The second-order valence-electron chi connectivity index (χ2n) is 5.85. The molecule has 3 rings (SSSR count). The first-order valence-corrected chi connectivity index (χ1v) is 7.88. The number of ether oxygens (including phenoxy) is 1. The summed E-state index contributed by atoms with van der Waals surface area (Å²) in [5.41, 5.74) is 2.93. The van der Waals surface area contributed by atoms with Crippen molar-refractivity contribution in [1.29, 1.82) is 0 Å². The Labute approximate surface area is 135 Å². The standard InChI is InChI=1S/C16H20N4OS/c1-11-4-6-14(7-5-11)20-10-15(17-18-20)16(22)19-8-12(2)21-13(3)9-19/h4-7,10,12-13H,8-9H2,1-3H3/t12-,13-/m0/s1. The average Bonchev–Trinajstić information content (AvgIpc) is 2.96. The molecule has 1 aromatic carbocycles. The Morgan fingerprint density at radius 3 is 2.45 bits per heavy atom. The molecule has 1 aromatic heterocycles. The number of rotatable bonds is 2. The van der Waals surface area contributed by atoms with Gasteiger partial charge in [-0.1, -0.05) is 35.1 Å². The molecule has 2 aromatic rings. The van der Waals surface area contributed by atoms with Crippen LogP contribution in [-0.2, 0) is 4.74 Å². The minimum Gasteiger partial charge on any atom is -0.372 e. The molecular formula is C16H20N4OS. The molecule has 1 saturated heterocycles. The van der Waals surface area contributed by atoms with Gasteiger partial charge in [0.25, 0.3) is 0 Å². The lowest BCUT2D eigenvalue weighted by Crippen LogP contribution is -2.47. The maximum absolute atomic E-state index is 5.75. The quantitative estimate of drug-likeness (QED) is 0.796. The number of thiocarbonyl (C=S) groups is 1. The number of hydrogen-bond donors (Lipinski definition) is 0. The molecule has 22 heavy (non-hydrogen) atoms. The van der Waals surface area contributed by atoms with Gasteiger partial charge in [-0.25, -0.2) is 4.68 Å². The predicted molar refractivity (Wildman–Crippen MR) is 89.4 cm³/mol. The van der Waals surface area contributed by atoms with Crippen LogP contribution in [0.15, 0.2) is 30.5 Å². The normalized spacial score (nSPS) is 21.9. The fourth-order valence-electron chi connectivity index (χ4n) is 2.69. The van der Waals surface area contributed by atoms with E-state index in [9.17, 15) is 0 Å². The Morgan fingerprint density at radius 1 is 1.18 bits per heavy atom. The van der Waals surface area contributed by atoms with E-state index in [4.69, 9.17) is 17.0 Å². The molecule has 0 bridgehead atoms. The van der Waals surface area contributed by atoms with Crippen molar-refractivity contribution >= 4 is 17.2 Å². The molecule has 1 aliphatic rings. The second kappa shape index (κ2) is 6.14. The Kier molecular flexibility index (Phi) is 4.22. The van der Waals surface area contributed by atoms with E-state index in [2.05, 4.69) is 48.1 Å². The minimum atomic E-state index is 0.175. The molecule has 0 unspecified atom stereocenters. The molecule has 0 aliphatic carbocycles. The minimum absolute atomic E-state index is 0.175. The molecule has 0 N–H and O–H groups in total. The zero-order chi connectivity index (χ0) is 15.7. The van der Waals surface area contributed by atoms with Crippen LogP contribution in [-0.4, -0.2) is 50.2 Å². The van der Waals surface area contributed by atoms with Crippen molar-refractivity contribution in [3.8, 4) is 5.69 Å². The van der Waals surface area contributed by atoms with Crippen molar-refractivity contribution in [3.63, 3.8) is 0 Å². The lowest BCUT2D eigenvalue weighted by Gasteiger charge is -2.36. The summed E-state index contributed by atoms with van der Waals surface area (Å²) in [6.45, 7) is 7.77. The van der Waals surface area contributed by atoms with Crippen LogP contribution < -0.4 is 0 Å². The van der Waals surface area contributed by atoms with Crippen molar-refractivity contribution in [3.05, 3.63) is 41.7 Å². The lowest BCUT2D eigenvalue weighted by atomic mass is 10.2. The third-order valence-corrected chi connectivity index (χ3v) is 4.19. The highest BCUT2D eigenvalue weighted by Gasteiger charge is 2.25. The molecule has 5 nitrogen and oxygen atoms in total. The van der Waals surface area contributed by atoms with E-state index >= 15 is 0 Å². The molecule has 1 fully saturated rings. The highest BCUT2D eigenvalue weighted by molar-refractivity contribution is 7.80. The molecule has 0 saturated carbocycles. The number of hydrogen-bond acceptors (Lipinski definition) is 4. The summed E-state index contributed by atoms with van der Waals surface area (Å²) in [7, 11) is 0. The first-order chi connectivity index (χ1) is 10.5. The van der Waals surface area contributed by atoms with Crippen molar-refractivity contribution in [1.82, 2.24) is 19.9 Å². The van der Waals surface area contributed by atoms with Gasteiger partial charge in [-0.2, -0.15) is 0 Å². The topological polar surface area (TPSA) is 43.2 Å². The third-order valence-electron chi connectivity index (χ3n) is 3.72. The smallest absolute Gasteiger partial charge is 0.140 e. The molecule has 1 aliphatic heterocycles. The number of aromatic nitrogens is 3. The van der Waals surface area contributed by atoms with E-state index in [1.807, 2.05) is 18.3 Å². The van der Waals surface area contributed by atoms with Gasteiger partial charge in [0.05, 0.1) is 24.1 Å². The molecule has 116 valence electrons. The van der Waals surface area contributed by atoms with Crippen molar-refractivity contribution in [2.24, 2.45) is 0 Å². The fourth-order valence-corrected chi connectivity index (χ4v) is 2.93. The lowest BCUT2D eigenvalue weighted by molar-refractivity contribution is -0.0472. The summed E-state index contributed by atoms with van der Waals surface area (Å²) >= 11 is 5.58. The van der Waals surface area contributed by atoms with Crippen LogP contribution in [0.25, 0.3) is 5.69 Å². The van der Waals surface area contributed by atoms with Gasteiger partial charge in [-0.05, 0) is 32.9 Å². The van der Waals surface area contributed by atoms with E-state index in [0.717, 1.165) is 29.5 Å². The molecule has 0 radical (unpaired) electrons. The summed E-state index contributed by atoms with van der Waals surface area (Å²) in [5, 5.41) is 8.42. The predicted octanol–water partition coefficient (Wildman–Crippen LogP) is 2.36. The number of benzene rings is 1. The van der Waals surface area contributed by atoms with Gasteiger partial charge < -0.3 is 9.64 Å². The summed E-state index contributed by atoms with van der Waals surface area (Å²) in [6.07, 6.45) is 2.24. The van der Waals surface area contributed by atoms with E-state index in [1.54, 1.807) is 4.68 Å². The van der Waals surface area contributed by atoms with Gasteiger partial charge in [0, 0.05) is 13.1 Å². The Morgan fingerprint density at radius 2 is 1.82 bits per heavy atom. The number of nitrogens with zero attached hydrogens (tertiary/aromatic N) is 4. The monoisotopic (exact) mass is 316 g/mol. The molecule has 2 atom stereocenters. The molecule has 0 spiro atoms. The summed E-state index contributed by atoms with van der Waals surface area (Å²) < 4.78 is 7.50. The van der Waals surface area contributed by atoms with Crippen LogP contribution in [0.3, 0.4) is 0 Å². The van der Waals surface area contributed by atoms with Crippen molar-refractivity contribution in [2.45, 2.75) is 33.0 Å². The highest BCUT2D eigenvalue weighted by atomic mass is 32.1. The Hall–Kier alpha value is -1.79. The average molecular weight is 316 g/mol. The van der Waals surface area contributed by atoms with Gasteiger partial charge >= 0.3 is 0 Å². The fraction of sp³-hybridized carbons (Fsp3) is 0.438. The van der Waals surface area contributed by atoms with E-state index in [0.29, 0.717) is 0 Å². The third kappa shape index (κ3) is 3.18. The van der Waals surface area contributed by atoms with Crippen LogP contribution in [0, 0.1) is 6.92 Å². The van der Waals surface area contributed by atoms with Crippen LogP contribution >= 0.6 is 12.2 Å². The van der Waals surface area contributed by atoms with Crippen LogP contribution in [0.1, 0.15) is 25.1 Å². The molecular weight excluding hydrogens is 296 g/mol. The zero-order valence-corrected chi connectivity index (χ0v) is 13.9. The summed E-state index contributed by atoms with van der Waals surface area (Å²) in [6, 6.07) is 8.16. The summed E-state index contributed by atoms with van der Waals surface area (Å²) in [4.78, 5) is 2.89. The number of aryl methyl sites for hydroxylation is 1. The molecule has 6 heteroatoms. The van der Waals surface area contributed by atoms with Gasteiger partial charge in [0.1, 0.15) is 10.7 Å². The van der Waals surface area contributed by atoms with Gasteiger partial charge in [0.15, 0.2) is 0 Å². The van der Waals surface area contributed by atoms with Gasteiger partial charge in [-0.3, -0.25) is 0 Å². The molecule has 2 heterocycles. The van der Waals surface area contributed by atoms with Crippen LogP contribution in [0.5, 0.6) is 0 Å². The highest BCUT2D eigenvalue weighted by Crippen LogP contribution is 2.15. The van der Waals surface area contributed by atoms with Gasteiger partial charge in [-0.15, -0.1) is 5.10 Å². The summed E-state index contributed by atoms with van der Waals surface area (Å²) in [5.74, 6) is 0. The largest absolute Gasteiger partial charge is 0.372 e. The van der Waals surface area contributed by atoms with Crippen molar-refractivity contribution < 1.29 is 4.74 Å². The van der Waals surface area contributed by atoms with E-state index < -0.39 is 0 Å². The van der Waals surface area contributed by atoms with Crippen molar-refractivity contribution in [2.75, 3.05) is 13.1 Å². The van der Waals surface area contributed by atoms with Gasteiger partial charge in [0.2, 0.25) is 0 Å². The van der Waals surface area contributed by atoms with Crippen LogP contribution in [0.4, 0.5) is 0 Å².